The first-order valence-corrected chi connectivity index (χ1v) is 9.43. The molecular weight excluding hydrogens is 316 g/mol. The fraction of sp³-hybridized carbons (Fsp3) is 0.700. The Kier molecular flexibility index (Phi) is 6.31. The molecular formula is C20H32N2O3. The Hall–Kier alpha value is -1.78. The SMILES string of the molecule is CCCC(C)(NC(=O)c1cc(C)n(C2CCCCC2)c1C)C(=O)OC. The largest absolute Gasteiger partial charge is 0.467 e. The van der Waals surface area contributed by atoms with Crippen molar-refractivity contribution in [1.29, 1.82) is 0 Å². The third kappa shape index (κ3) is 4.07. The molecule has 5 nitrogen and oxygen atoms in total. The molecule has 140 valence electrons. The molecule has 1 aromatic heterocycles. The molecule has 0 aromatic carbocycles. The van der Waals surface area contributed by atoms with Gasteiger partial charge in [-0.1, -0.05) is 32.6 Å². The molecule has 1 aliphatic rings. The minimum atomic E-state index is -0.992. The summed E-state index contributed by atoms with van der Waals surface area (Å²) < 4.78 is 7.21. The van der Waals surface area contributed by atoms with Crippen LogP contribution in [0.3, 0.4) is 0 Å². The molecule has 1 aliphatic carbocycles. The Balaban J connectivity index is 2.26. The molecule has 1 aromatic rings. The topological polar surface area (TPSA) is 60.3 Å². The van der Waals surface area contributed by atoms with Gasteiger partial charge in [0.2, 0.25) is 0 Å². The summed E-state index contributed by atoms with van der Waals surface area (Å²) in [4.78, 5) is 25.0. The summed E-state index contributed by atoms with van der Waals surface area (Å²) in [5.74, 6) is -0.597. The molecule has 0 saturated heterocycles. The van der Waals surface area contributed by atoms with Crippen molar-refractivity contribution in [2.45, 2.75) is 84.2 Å². The number of nitrogens with zero attached hydrogens (tertiary/aromatic N) is 1. The molecule has 1 fully saturated rings. The Bertz CT molecular complexity index is 629. The van der Waals surface area contributed by atoms with Crippen LogP contribution < -0.4 is 5.32 Å². The van der Waals surface area contributed by atoms with E-state index in [4.69, 9.17) is 4.74 Å². The van der Waals surface area contributed by atoms with E-state index < -0.39 is 11.5 Å². The molecule has 25 heavy (non-hydrogen) atoms. The Morgan fingerprint density at radius 2 is 1.92 bits per heavy atom. The second-order valence-corrected chi connectivity index (χ2v) is 7.47. The normalized spacial score (nSPS) is 17.8. The summed E-state index contributed by atoms with van der Waals surface area (Å²) in [7, 11) is 1.36. The highest BCUT2D eigenvalue weighted by atomic mass is 16.5. The van der Waals surface area contributed by atoms with Crippen molar-refractivity contribution >= 4 is 11.9 Å². The van der Waals surface area contributed by atoms with Gasteiger partial charge in [0, 0.05) is 17.4 Å². The lowest BCUT2D eigenvalue weighted by Crippen LogP contribution is -2.52. The van der Waals surface area contributed by atoms with E-state index in [0.29, 0.717) is 18.0 Å². The van der Waals surface area contributed by atoms with E-state index in [2.05, 4.69) is 16.8 Å². The van der Waals surface area contributed by atoms with Crippen LogP contribution in [0.15, 0.2) is 6.07 Å². The van der Waals surface area contributed by atoms with Crippen molar-refractivity contribution in [3.8, 4) is 0 Å². The zero-order valence-electron chi connectivity index (χ0n) is 16.3. The zero-order valence-corrected chi connectivity index (χ0v) is 16.3. The Morgan fingerprint density at radius 3 is 2.48 bits per heavy atom. The van der Waals surface area contributed by atoms with Crippen LogP contribution in [0.5, 0.6) is 0 Å². The first kappa shape index (κ1) is 19.5. The van der Waals surface area contributed by atoms with Gasteiger partial charge in [-0.05, 0) is 46.1 Å². The Labute approximate surface area is 151 Å². The van der Waals surface area contributed by atoms with E-state index in [1.54, 1.807) is 6.92 Å². The zero-order chi connectivity index (χ0) is 18.6. The highest BCUT2D eigenvalue weighted by molar-refractivity contribution is 5.99. The van der Waals surface area contributed by atoms with Gasteiger partial charge in [-0.2, -0.15) is 0 Å². The smallest absolute Gasteiger partial charge is 0.331 e. The minimum absolute atomic E-state index is 0.198. The van der Waals surface area contributed by atoms with Gasteiger partial charge in [0.25, 0.3) is 5.91 Å². The second kappa shape index (κ2) is 8.07. The maximum atomic E-state index is 12.9. The predicted molar refractivity (Wildman–Crippen MR) is 98.8 cm³/mol. The number of carbonyl (C=O) groups excluding carboxylic acids is 2. The summed E-state index contributed by atoms with van der Waals surface area (Å²) in [5.41, 5.74) is 1.78. The van der Waals surface area contributed by atoms with Crippen LogP contribution in [-0.2, 0) is 9.53 Å². The van der Waals surface area contributed by atoms with Crippen molar-refractivity contribution in [3.05, 3.63) is 23.0 Å². The maximum absolute atomic E-state index is 12.9. The van der Waals surface area contributed by atoms with Crippen LogP contribution >= 0.6 is 0 Å². The van der Waals surface area contributed by atoms with E-state index >= 15 is 0 Å². The number of amides is 1. The number of hydrogen-bond donors (Lipinski definition) is 1. The number of hydrogen-bond acceptors (Lipinski definition) is 3. The lowest BCUT2D eigenvalue weighted by Gasteiger charge is -2.28. The molecule has 0 spiro atoms. The molecule has 5 heteroatoms. The lowest BCUT2D eigenvalue weighted by molar-refractivity contribution is -0.147. The van der Waals surface area contributed by atoms with Crippen LogP contribution in [0, 0.1) is 13.8 Å². The van der Waals surface area contributed by atoms with Crippen molar-refractivity contribution in [3.63, 3.8) is 0 Å². The first-order chi connectivity index (χ1) is 11.8. The molecule has 2 rings (SSSR count). The number of ether oxygens (including phenoxy) is 1. The van der Waals surface area contributed by atoms with E-state index in [9.17, 15) is 9.59 Å². The van der Waals surface area contributed by atoms with E-state index in [0.717, 1.165) is 17.8 Å². The number of esters is 1. The van der Waals surface area contributed by atoms with Gasteiger partial charge in [0.05, 0.1) is 12.7 Å². The number of nitrogens with one attached hydrogen (secondary N) is 1. The molecule has 1 unspecified atom stereocenters. The lowest BCUT2D eigenvalue weighted by atomic mass is 9.95. The fourth-order valence-corrected chi connectivity index (χ4v) is 4.17. The van der Waals surface area contributed by atoms with Gasteiger partial charge in [0.1, 0.15) is 5.54 Å². The quantitative estimate of drug-likeness (QED) is 0.788. The monoisotopic (exact) mass is 348 g/mol. The van der Waals surface area contributed by atoms with Crippen molar-refractivity contribution in [2.24, 2.45) is 0 Å². The van der Waals surface area contributed by atoms with Crippen molar-refractivity contribution < 1.29 is 14.3 Å². The standard InChI is InChI=1S/C20H32N2O3/c1-6-12-20(4,19(24)25-5)21-18(23)17-13-14(2)22(15(17)3)16-10-8-7-9-11-16/h13,16H,6-12H2,1-5H3,(H,21,23). The van der Waals surface area contributed by atoms with Gasteiger partial charge in [-0.15, -0.1) is 0 Å². The van der Waals surface area contributed by atoms with Crippen molar-refractivity contribution in [1.82, 2.24) is 9.88 Å². The molecule has 1 N–H and O–H groups in total. The van der Waals surface area contributed by atoms with Crippen LogP contribution in [0.25, 0.3) is 0 Å². The first-order valence-electron chi connectivity index (χ1n) is 9.43. The minimum Gasteiger partial charge on any atom is -0.467 e. The third-order valence-corrected chi connectivity index (χ3v) is 5.44. The number of methoxy groups -OCH3 is 1. The highest BCUT2D eigenvalue weighted by Gasteiger charge is 2.36. The summed E-state index contributed by atoms with van der Waals surface area (Å²) in [6.45, 7) is 7.79. The summed E-state index contributed by atoms with van der Waals surface area (Å²) in [6.07, 6.45) is 7.48. The number of aromatic nitrogens is 1. The fourth-order valence-electron chi connectivity index (χ4n) is 4.17. The van der Waals surface area contributed by atoms with E-state index in [1.165, 1.54) is 39.2 Å². The second-order valence-electron chi connectivity index (χ2n) is 7.47. The predicted octanol–water partition coefficient (Wildman–Crippen LogP) is 4.07. The average molecular weight is 348 g/mol. The molecule has 0 aliphatic heterocycles. The molecule has 1 atom stereocenters. The van der Waals surface area contributed by atoms with Gasteiger partial charge in [0.15, 0.2) is 0 Å². The highest BCUT2D eigenvalue weighted by Crippen LogP contribution is 2.32. The maximum Gasteiger partial charge on any atom is 0.331 e. The molecule has 1 heterocycles. The number of carbonyl (C=O) groups is 2. The summed E-state index contributed by atoms with van der Waals surface area (Å²) in [6, 6.07) is 2.43. The van der Waals surface area contributed by atoms with Crippen molar-refractivity contribution in [2.75, 3.05) is 7.11 Å². The third-order valence-electron chi connectivity index (χ3n) is 5.44. The molecule has 0 radical (unpaired) electrons. The molecule has 0 bridgehead atoms. The Morgan fingerprint density at radius 1 is 1.28 bits per heavy atom. The molecule has 1 saturated carbocycles. The van der Waals surface area contributed by atoms with E-state index in [1.807, 2.05) is 19.9 Å². The number of rotatable bonds is 6. The summed E-state index contributed by atoms with van der Waals surface area (Å²) in [5, 5.41) is 2.92. The van der Waals surface area contributed by atoms with Gasteiger partial charge < -0.3 is 14.6 Å². The summed E-state index contributed by atoms with van der Waals surface area (Å²) >= 11 is 0. The van der Waals surface area contributed by atoms with Crippen LogP contribution in [0.2, 0.25) is 0 Å². The number of aryl methyl sites for hydroxylation is 1. The van der Waals surface area contributed by atoms with Gasteiger partial charge in [-0.3, -0.25) is 4.79 Å². The van der Waals surface area contributed by atoms with Crippen LogP contribution in [0.4, 0.5) is 0 Å². The van der Waals surface area contributed by atoms with E-state index in [-0.39, 0.29) is 5.91 Å². The molecule has 1 amide bonds. The van der Waals surface area contributed by atoms with Crippen LogP contribution in [0.1, 0.15) is 86.6 Å². The average Bonchev–Trinajstić information content (AvgIpc) is 2.89. The van der Waals surface area contributed by atoms with Gasteiger partial charge in [-0.25, -0.2) is 4.79 Å². The van der Waals surface area contributed by atoms with Gasteiger partial charge >= 0.3 is 5.97 Å². The van der Waals surface area contributed by atoms with Crippen LogP contribution in [-0.4, -0.2) is 29.1 Å².